The third-order valence-electron chi connectivity index (χ3n) is 1.94. The molecule has 0 aliphatic rings. The van der Waals surface area contributed by atoms with E-state index in [1.165, 1.54) is 11.0 Å². The Morgan fingerprint density at radius 1 is 1.31 bits per heavy atom. The number of amides is 1. The van der Waals surface area contributed by atoms with Crippen LogP contribution in [0.25, 0.3) is 6.08 Å². The Labute approximate surface area is 96.9 Å². The van der Waals surface area contributed by atoms with Crippen LogP contribution < -0.4 is 0 Å². The van der Waals surface area contributed by atoms with E-state index in [1.807, 2.05) is 0 Å². The zero-order valence-electron chi connectivity index (χ0n) is 9.08. The zero-order valence-corrected chi connectivity index (χ0v) is 9.90. The Bertz CT molecular complexity index is 423. The molecule has 1 unspecified atom stereocenters. The van der Waals surface area contributed by atoms with Gasteiger partial charge in [0.15, 0.2) is 11.1 Å². The highest BCUT2D eigenvalue weighted by atomic mass is 32.2. The van der Waals surface area contributed by atoms with Gasteiger partial charge in [0.05, 0.1) is 4.90 Å². The van der Waals surface area contributed by atoms with Crippen LogP contribution >= 0.6 is 0 Å². The maximum Gasteiger partial charge on any atom is 0.246 e. The van der Waals surface area contributed by atoms with Crippen molar-refractivity contribution in [2.75, 3.05) is 14.1 Å². The Hall–Kier alpha value is -1.46. The molecule has 0 radical (unpaired) electrons. The third-order valence-corrected chi connectivity index (χ3v) is 2.62. The highest BCUT2D eigenvalue weighted by Gasteiger charge is 1.99. The molecule has 0 aliphatic heterocycles. The lowest BCUT2D eigenvalue weighted by atomic mass is 10.2. The molecule has 4 nitrogen and oxygen atoms in total. The van der Waals surface area contributed by atoms with Gasteiger partial charge in [-0.15, -0.1) is 0 Å². The lowest BCUT2D eigenvalue weighted by Crippen LogP contribution is -2.18. The Kier molecular flexibility index (Phi) is 4.39. The molecule has 0 bridgehead atoms. The van der Waals surface area contributed by atoms with E-state index in [0.29, 0.717) is 4.90 Å². The average Bonchev–Trinajstić information content (AvgIpc) is 2.26. The van der Waals surface area contributed by atoms with Gasteiger partial charge in [-0.25, -0.2) is 4.21 Å². The summed E-state index contributed by atoms with van der Waals surface area (Å²) < 4.78 is 19.5. The van der Waals surface area contributed by atoms with Gasteiger partial charge in [-0.2, -0.15) is 0 Å². The summed E-state index contributed by atoms with van der Waals surface area (Å²) >= 11 is -1.96. The van der Waals surface area contributed by atoms with Crippen LogP contribution in [0.4, 0.5) is 0 Å². The summed E-state index contributed by atoms with van der Waals surface area (Å²) in [7, 11) is 3.34. The van der Waals surface area contributed by atoms with E-state index in [4.69, 9.17) is 4.55 Å². The molecule has 0 heterocycles. The summed E-state index contributed by atoms with van der Waals surface area (Å²) in [6.07, 6.45) is 3.11. The maximum absolute atomic E-state index is 11.2. The molecule has 1 atom stereocenters. The van der Waals surface area contributed by atoms with Crippen molar-refractivity contribution in [3.05, 3.63) is 35.9 Å². The zero-order chi connectivity index (χ0) is 12.1. The van der Waals surface area contributed by atoms with Crippen molar-refractivity contribution in [3.8, 4) is 0 Å². The summed E-state index contributed by atoms with van der Waals surface area (Å²) in [5, 5.41) is 0. The Balaban J connectivity index is 2.76. The lowest BCUT2D eigenvalue weighted by molar-refractivity contribution is -0.123. The van der Waals surface area contributed by atoms with Crippen molar-refractivity contribution in [2.45, 2.75) is 4.90 Å². The van der Waals surface area contributed by atoms with Gasteiger partial charge in [-0.3, -0.25) is 4.79 Å². The number of benzene rings is 1. The summed E-state index contributed by atoms with van der Waals surface area (Å²) in [5.41, 5.74) is 0.810. The molecular formula is C11H13NO3S. The molecule has 1 aromatic carbocycles. The summed E-state index contributed by atoms with van der Waals surface area (Å²) in [4.78, 5) is 13.1. The molecule has 0 aromatic heterocycles. The maximum atomic E-state index is 11.2. The van der Waals surface area contributed by atoms with E-state index in [1.54, 1.807) is 44.4 Å². The first-order chi connectivity index (χ1) is 7.50. The van der Waals surface area contributed by atoms with Gasteiger partial charge in [0.1, 0.15) is 0 Å². The fraction of sp³-hybridized carbons (Fsp3) is 0.182. The number of nitrogens with zero attached hydrogens (tertiary/aromatic N) is 1. The third kappa shape index (κ3) is 3.60. The summed E-state index contributed by atoms with van der Waals surface area (Å²) in [6.45, 7) is 0. The highest BCUT2D eigenvalue weighted by molar-refractivity contribution is 7.79. The van der Waals surface area contributed by atoms with Crippen LogP contribution in [0, 0.1) is 0 Å². The van der Waals surface area contributed by atoms with Crippen LogP contribution in [0.15, 0.2) is 35.2 Å². The topological polar surface area (TPSA) is 57.6 Å². The first-order valence-corrected chi connectivity index (χ1v) is 5.71. The molecule has 1 aromatic rings. The average molecular weight is 239 g/mol. The van der Waals surface area contributed by atoms with E-state index in [0.717, 1.165) is 5.56 Å². The van der Waals surface area contributed by atoms with Gasteiger partial charge < -0.3 is 9.45 Å². The number of likely N-dealkylation sites (N-methyl/N-ethyl adjacent to an activating group) is 1. The van der Waals surface area contributed by atoms with Crippen LogP contribution in [0.2, 0.25) is 0 Å². The molecule has 1 N–H and O–H groups in total. The standard InChI is InChI=1S/C11H13NO3S/c1-12(2)11(13)8-5-9-3-6-10(7-4-9)16(14)15/h3-8H,1-2H3,(H,14,15)/b8-5+. The number of hydrogen-bond donors (Lipinski definition) is 1. The fourth-order valence-electron chi connectivity index (χ4n) is 1.01. The summed E-state index contributed by atoms with van der Waals surface area (Å²) in [5.74, 6) is -0.102. The lowest BCUT2D eigenvalue weighted by Gasteiger charge is -2.05. The van der Waals surface area contributed by atoms with Gasteiger partial charge in [-0.05, 0) is 23.8 Å². The van der Waals surface area contributed by atoms with Crippen LogP contribution in [-0.4, -0.2) is 33.7 Å². The molecule has 0 aliphatic carbocycles. The quantitative estimate of drug-likeness (QED) is 0.640. The van der Waals surface area contributed by atoms with E-state index in [2.05, 4.69) is 0 Å². The van der Waals surface area contributed by atoms with Crippen LogP contribution in [0.3, 0.4) is 0 Å². The molecular weight excluding hydrogens is 226 g/mol. The Morgan fingerprint density at radius 2 is 1.88 bits per heavy atom. The predicted octanol–water partition coefficient (Wildman–Crippen LogP) is 1.37. The van der Waals surface area contributed by atoms with E-state index in [-0.39, 0.29) is 5.91 Å². The van der Waals surface area contributed by atoms with Gasteiger partial charge in [0, 0.05) is 20.2 Å². The van der Waals surface area contributed by atoms with Crippen molar-refractivity contribution >= 4 is 23.1 Å². The van der Waals surface area contributed by atoms with E-state index >= 15 is 0 Å². The minimum absolute atomic E-state index is 0.102. The monoisotopic (exact) mass is 239 g/mol. The number of carbonyl (C=O) groups is 1. The molecule has 86 valence electrons. The first-order valence-electron chi connectivity index (χ1n) is 4.61. The normalized spacial score (nSPS) is 12.7. The second-order valence-electron chi connectivity index (χ2n) is 3.38. The van der Waals surface area contributed by atoms with Crippen molar-refractivity contribution in [2.24, 2.45) is 0 Å². The smallest absolute Gasteiger partial charge is 0.246 e. The minimum Gasteiger partial charge on any atom is -0.345 e. The van der Waals surface area contributed by atoms with Gasteiger partial charge in [-0.1, -0.05) is 12.1 Å². The number of rotatable bonds is 3. The van der Waals surface area contributed by atoms with Crippen molar-refractivity contribution < 1.29 is 13.6 Å². The first kappa shape index (κ1) is 12.6. The number of hydrogen-bond acceptors (Lipinski definition) is 2. The molecule has 0 spiro atoms. The van der Waals surface area contributed by atoms with Crippen molar-refractivity contribution in [1.82, 2.24) is 4.90 Å². The molecule has 1 rings (SSSR count). The second-order valence-corrected chi connectivity index (χ2v) is 4.35. The predicted molar refractivity (Wildman–Crippen MR) is 63.2 cm³/mol. The molecule has 0 saturated carbocycles. The molecule has 5 heteroatoms. The molecule has 16 heavy (non-hydrogen) atoms. The highest BCUT2D eigenvalue weighted by Crippen LogP contribution is 2.08. The summed E-state index contributed by atoms with van der Waals surface area (Å²) in [6, 6.07) is 6.47. The Morgan fingerprint density at radius 3 is 2.31 bits per heavy atom. The van der Waals surface area contributed by atoms with E-state index in [9.17, 15) is 9.00 Å². The fourth-order valence-corrected chi connectivity index (χ4v) is 1.38. The van der Waals surface area contributed by atoms with Gasteiger partial charge in [0.25, 0.3) is 0 Å². The van der Waals surface area contributed by atoms with Crippen molar-refractivity contribution in [1.29, 1.82) is 0 Å². The number of carbonyl (C=O) groups excluding carboxylic acids is 1. The van der Waals surface area contributed by atoms with Gasteiger partial charge in [0.2, 0.25) is 5.91 Å². The minimum atomic E-state index is -1.96. The van der Waals surface area contributed by atoms with Crippen LogP contribution in [-0.2, 0) is 15.9 Å². The molecule has 0 fully saturated rings. The van der Waals surface area contributed by atoms with Crippen LogP contribution in [0.5, 0.6) is 0 Å². The molecule has 1 amide bonds. The van der Waals surface area contributed by atoms with Crippen LogP contribution in [0.1, 0.15) is 5.56 Å². The SMILES string of the molecule is CN(C)C(=O)/C=C/c1ccc(S(=O)O)cc1. The largest absolute Gasteiger partial charge is 0.345 e. The second kappa shape index (κ2) is 5.58. The molecule has 0 saturated heterocycles. The van der Waals surface area contributed by atoms with Gasteiger partial charge >= 0.3 is 0 Å². The van der Waals surface area contributed by atoms with E-state index < -0.39 is 11.1 Å². The van der Waals surface area contributed by atoms with Crippen molar-refractivity contribution in [3.63, 3.8) is 0 Å².